The largest absolute Gasteiger partial charge is 0.351 e. The van der Waals surface area contributed by atoms with Crippen LogP contribution in [-0.4, -0.2) is 18.0 Å². The Morgan fingerprint density at radius 3 is 2.70 bits per heavy atom. The van der Waals surface area contributed by atoms with Crippen molar-refractivity contribution in [3.63, 3.8) is 0 Å². The van der Waals surface area contributed by atoms with E-state index in [0.29, 0.717) is 13.0 Å². The molecule has 0 aromatic carbocycles. The first-order valence-electron chi connectivity index (χ1n) is 3.67. The standard InChI is InChI=1S/C7H14N2O/c1-7(3-4-7)9-6(10)2-5-8/h2-5,8H2,1H3,(H,9,10). The smallest absolute Gasteiger partial charge is 0.221 e. The van der Waals surface area contributed by atoms with Crippen molar-refractivity contribution in [1.29, 1.82) is 0 Å². The van der Waals surface area contributed by atoms with E-state index in [1.807, 2.05) is 0 Å². The van der Waals surface area contributed by atoms with Crippen LogP contribution < -0.4 is 11.1 Å². The highest BCUT2D eigenvalue weighted by molar-refractivity contribution is 5.77. The van der Waals surface area contributed by atoms with Crippen LogP contribution in [0.1, 0.15) is 26.2 Å². The van der Waals surface area contributed by atoms with E-state index in [9.17, 15) is 4.79 Å². The van der Waals surface area contributed by atoms with Gasteiger partial charge in [0.1, 0.15) is 0 Å². The fraction of sp³-hybridized carbons (Fsp3) is 0.857. The molecule has 58 valence electrons. The molecule has 0 atom stereocenters. The maximum absolute atomic E-state index is 10.9. The number of nitrogens with one attached hydrogen (secondary N) is 1. The van der Waals surface area contributed by atoms with Crippen LogP contribution in [0.25, 0.3) is 0 Å². The van der Waals surface area contributed by atoms with E-state index in [-0.39, 0.29) is 11.4 Å². The molecule has 0 saturated heterocycles. The van der Waals surface area contributed by atoms with Gasteiger partial charge in [0, 0.05) is 18.5 Å². The zero-order valence-corrected chi connectivity index (χ0v) is 6.31. The van der Waals surface area contributed by atoms with E-state index in [1.165, 1.54) is 0 Å². The molecular formula is C7H14N2O. The highest BCUT2D eigenvalue weighted by Crippen LogP contribution is 2.34. The third kappa shape index (κ3) is 1.99. The van der Waals surface area contributed by atoms with Gasteiger partial charge in [0.2, 0.25) is 5.91 Å². The molecule has 1 rings (SSSR count). The maximum atomic E-state index is 10.9. The van der Waals surface area contributed by atoms with Crippen LogP contribution in [-0.2, 0) is 4.79 Å². The summed E-state index contributed by atoms with van der Waals surface area (Å²) in [6.45, 7) is 2.50. The van der Waals surface area contributed by atoms with Crippen molar-refractivity contribution in [2.75, 3.05) is 6.54 Å². The zero-order chi connectivity index (χ0) is 7.61. The molecule has 10 heavy (non-hydrogen) atoms. The van der Waals surface area contributed by atoms with E-state index in [4.69, 9.17) is 5.73 Å². The van der Waals surface area contributed by atoms with Gasteiger partial charge in [-0.05, 0) is 19.8 Å². The highest BCUT2D eigenvalue weighted by Gasteiger charge is 2.38. The minimum Gasteiger partial charge on any atom is -0.351 e. The Morgan fingerprint density at radius 1 is 1.70 bits per heavy atom. The third-order valence-electron chi connectivity index (χ3n) is 1.81. The Kier molecular flexibility index (Phi) is 1.94. The molecule has 0 radical (unpaired) electrons. The quantitative estimate of drug-likeness (QED) is 0.583. The molecule has 1 aliphatic rings. The molecule has 3 nitrogen and oxygen atoms in total. The van der Waals surface area contributed by atoms with Crippen LogP contribution in [0, 0.1) is 0 Å². The third-order valence-corrected chi connectivity index (χ3v) is 1.81. The number of rotatable bonds is 3. The monoisotopic (exact) mass is 142 g/mol. The molecule has 3 heteroatoms. The lowest BCUT2D eigenvalue weighted by atomic mass is 10.3. The lowest BCUT2D eigenvalue weighted by Crippen LogP contribution is -2.35. The molecule has 1 amide bonds. The minimum absolute atomic E-state index is 0.0856. The second-order valence-electron chi connectivity index (χ2n) is 3.15. The van der Waals surface area contributed by atoms with Gasteiger partial charge in [-0.1, -0.05) is 0 Å². The second-order valence-corrected chi connectivity index (χ2v) is 3.15. The Bertz CT molecular complexity index is 141. The molecule has 0 aliphatic heterocycles. The summed E-state index contributed by atoms with van der Waals surface area (Å²) in [5, 5.41) is 2.91. The van der Waals surface area contributed by atoms with Gasteiger partial charge >= 0.3 is 0 Å². The van der Waals surface area contributed by atoms with Crippen LogP contribution in [0.3, 0.4) is 0 Å². The molecule has 0 aromatic rings. The number of carbonyl (C=O) groups is 1. The van der Waals surface area contributed by atoms with Gasteiger partial charge in [-0.3, -0.25) is 4.79 Å². The van der Waals surface area contributed by atoms with Crippen molar-refractivity contribution in [3.8, 4) is 0 Å². The molecular weight excluding hydrogens is 128 g/mol. The van der Waals surface area contributed by atoms with Crippen LogP contribution in [0.4, 0.5) is 0 Å². The zero-order valence-electron chi connectivity index (χ0n) is 6.31. The summed E-state index contributed by atoms with van der Waals surface area (Å²) in [7, 11) is 0. The first-order chi connectivity index (χ1) is 4.66. The van der Waals surface area contributed by atoms with Gasteiger partial charge in [-0.25, -0.2) is 0 Å². The van der Waals surface area contributed by atoms with Gasteiger partial charge in [0.15, 0.2) is 0 Å². The van der Waals surface area contributed by atoms with E-state index < -0.39 is 0 Å². The summed E-state index contributed by atoms with van der Waals surface area (Å²) in [6, 6.07) is 0. The summed E-state index contributed by atoms with van der Waals surface area (Å²) >= 11 is 0. The lowest BCUT2D eigenvalue weighted by molar-refractivity contribution is -0.121. The van der Waals surface area contributed by atoms with E-state index in [2.05, 4.69) is 12.2 Å². The first kappa shape index (κ1) is 7.54. The average Bonchev–Trinajstić information content (AvgIpc) is 2.48. The van der Waals surface area contributed by atoms with Crippen LogP contribution >= 0.6 is 0 Å². The predicted octanol–water partition coefficient (Wildman–Crippen LogP) is 0.00390. The molecule has 0 unspecified atom stereocenters. The first-order valence-corrected chi connectivity index (χ1v) is 3.67. The number of nitrogens with two attached hydrogens (primary N) is 1. The SMILES string of the molecule is CC1(NC(=O)CCN)CC1. The summed E-state index contributed by atoms with van der Waals surface area (Å²) in [5.41, 5.74) is 5.33. The molecule has 3 N–H and O–H groups in total. The Labute approximate surface area is 61.0 Å². The van der Waals surface area contributed by atoms with E-state index in [0.717, 1.165) is 12.8 Å². The summed E-state index contributed by atoms with van der Waals surface area (Å²) < 4.78 is 0. The predicted molar refractivity (Wildman–Crippen MR) is 39.5 cm³/mol. The van der Waals surface area contributed by atoms with Crippen LogP contribution in [0.2, 0.25) is 0 Å². The van der Waals surface area contributed by atoms with Crippen molar-refractivity contribution in [2.45, 2.75) is 31.7 Å². The second kappa shape index (κ2) is 2.58. The molecule has 1 aliphatic carbocycles. The van der Waals surface area contributed by atoms with Crippen molar-refractivity contribution in [3.05, 3.63) is 0 Å². The summed E-state index contributed by atoms with van der Waals surface area (Å²) in [4.78, 5) is 10.9. The Balaban J connectivity index is 2.18. The number of amides is 1. The van der Waals surface area contributed by atoms with E-state index in [1.54, 1.807) is 0 Å². The fourth-order valence-corrected chi connectivity index (χ4v) is 0.843. The van der Waals surface area contributed by atoms with Crippen molar-refractivity contribution in [1.82, 2.24) is 5.32 Å². The minimum atomic E-state index is 0.0856. The van der Waals surface area contributed by atoms with Gasteiger partial charge in [-0.2, -0.15) is 0 Å². The average molecular weight is 142 g/mol. The molecule has 0 aromatic heterocycles. The number of carbonyl (C=O) groups excluding carboxylic acids is 1. The number of hydrogen-bond acceptors (Lipinski definition) is 2. The van der Waals surface area contributed by atoms with E-state index >= 15 is 0 Å². The summed E-state index contributed by atoms with van der Waals surface area (Å²) in [6.07, 6.45) is 2.68. The van der Waals surface area contributed by atoms with Gasteiger partial charge in [0.25, 0.3) is 0 Å². The molecule has 1 fully saturated rings. The Hall–Kier alpha value is -0.570. The van der Waals surface area contributed by atoms with Crippen LogP contribution in [0.15, 0.2) is 0 Å². The van der Waals surface area contributed by atoms with Gasteiger partial charge in [-0.15, -0.1) is 0 Å². The van der Waals surface area contributed by atoms with Crippen molar-refractivity contribution < 1.29 is 4.79 Å². The van der Waals surface area contributed by atoms with Crippen molar-refractivity contribution >= 4 is 5.91 Å². The normalized spacial score (nSPS) is 20.2. The molecule has 0 bridgehead atoms. The molecule has 0 heterocycles. The maximum Gasteiger partial charge on any atom is 0.221 e. The van der Waals surface area contributed by atoms with Crippen molar-refractivity contribution in [2.24, 2.45) is 5.73 Å². The van der Waals surface area contributed by atoms with Crippen LogP contribution in [0.5, 0.6) is 0 Å². The van der Waals surface area contributed by atoms with Gasteiger partial charge in [0.05, 0.1) is 0 Å². The topological polar surface area (TPSA) is 55.1 Å². The van der Waals surface area contributed by atoms with Gasteiger partial charge < -0.3 is 11.1 Å². The lowest BCUT2D eigenvalue weighted by Gasteiger charge is -2.09. The Morgan fingerprint density at radius 2 is 2.30 bits per heavy atom. The number of hydrogen-bond donors (Lipinski definition) is 2. The molecule has 1 saturated carbocycles. The highest BCUT2D eigenvalue weighted by atomic mass is 16.1. The fourth-order valence-electron chi connectivity index (χ4n) is 0.843. The molecule has 0 spiro atoms. The summed E-state index contributed by atoms with van der Waals surface area (Å²) in [5.74, 6) is 0.0856.